The molecular formula is C19H21N3O. The van der Waals surface area contributed by atoms with Gasteiger partial charge in [-0.25, -0.2) is 4.98 Å². The Hall–Kier alpha value is -2.49. The second-order valence-electron chi connectivity index (χ2n) is 7.08. The number of aryl methyl sites for hydroxylation is 1. The third-order valence-electron chi connectivity index (χ3n) is 4.56. The maximum Gasteiger partial charge on any atom is 0.215 e. The summed E-state index contributed by atoms with van der Waals surface area (Å²) < 4.78 is 9.72. The molecule has 0 unspecified atom stereocenters. The Labute approximate surface area is 135 Å². The maximum absolute atomic E-state index is 5.36. The van der Waals surface area contributed by atoms with Crippen LogP contribution >= 0.6 is 0 Å². The molecule has 0 N–H and O–H groups in total. The van der Waals surface area contributed by atoms with E-state index in [0.29, 0.717) is 0 Å². The molecule has 0 spiro atoms. The van der Waals surface area contributed by atoms with Crippen LogP contribution in [0.2, 0.25) is 0 Å². The summed E-state index contributed by atoms with van der Waals surface area (Å²) in [6, 6.07) is 12.6. The minimum absolute atomic E-state index is 0.0659. The van der Waals surface area contributed by atoms with Gasteiger partial charge in [-0.2, -0.15) is 0 Å². The van der Waals surface area contributed by atoms with Crippen molar-refractivity contribution < 1.29 is 4.74 Å². The van der Waals surface area contributed by atoms with Crippen molar-refractivity contribution in [2.75, 3.05) is 7.11 Å². The second-order valence-corrected chi connectivity index (χ2v) is 7.08. The summed E-state index contributed by atoms with van der Waals surface area (Å²) in [5, 5.41) is 0. The second kappa shape index (κ2) is 4.51. The predicted molar refractivity (Wildman–Crippen MR) is 94.4 cm³/mol. The van der Waals surface area contributed by atoms with E-state index in [0.717, 1.165) is 33.6 Å². The van der Waals surface area contributed by atoms with Crippen molar-refractivity contribution in [3.8, 4) is 5.75 Å². The third-order valence-corrected chi connectivity index (χ3v) is 4.56. The van der Waals surface area contributed by atoms with Crippen LogP contribution in [-0.2, 0) is 12.5 Å². The Bertz CT molecular complexity index is 1050. The predicted octanol–water partition coefficient (Wildman–Crippen LogP) is 4.29. The third kappa shape index (κ3) is 1.87. The number of fused-ring (bicyclic) bond motifs is 5. The first-order valence-corrected chi connectivity index (χ1v) is 7.86. The summed E-state index contributed by atoms with van der Waals surface area (Å²) in [6.07, 6.45) is 0. The Balaban J connectivity index is 2.18. The first kappa shape index (κ1) is 14.1. The number of aromatic nitrogens is 3. The van der Waals surface area contributed by atoms with Gasteiger partial charge >= 0.3 is 0 Å². The molecule has 0 aliphatic heterocycles. The molecule has 0 saturated heterocycles. The SMILES string of the molecule is COc1ccc2c(c1)n(C)c1nc3c(C(C)(C)C)cccc3n21. The highest BCUT2D eigenvalue weighted by Gasteiger charge is 2.21. The van der Waals surface area contributed by atoms with Gasteiger partial charge in [-0.3, -0.25) is 4.40 Å². The molecule has 0 fully saturated rings. The largest absolute Gasteiger partial charge is 0.497 e. The summed E-state index contributed by atoms with van der Waals surface area (Å²) >= 11 is 0. The molecule has 0 bridgehead atoms. The number of hydrogen-bond donors (Lipinski definition) is 0. The number of rotatable bonds is 1. The summed E-state index contributed by atoms with van der Waals surface area (Å²) in [5.41, 5.74) is 5.86. The summed E-state index contributed by atoms with van der Waals surface area (Å²) in [5.74, 6) is 1.82. The molecule has 2 aromatic carbocycles. The van der Waals surface area contributed by atoms with Crippen LogP contribution in [0.3, 0.4) is 0 Å². The van der Waals surface area contributed by atoms with Gasteiger partial charge in [0, 0.05) is 13.1 Å². The van der Waals surface area contributed by atoms with E-state index in [-0.39, 0.29) is 5.41 Å². The van der Waals surface area contributed by atoms with Gasteiger partial charge in [-0.15, -0.1) is 0 Å². The summed E-state index contributed by atoms with van der Waals surface area (Å²) in [7, 11) is 3.75. The minimum atomic E-state index is 0.0659. The smallest absolute Gasteiger partial charge is 0.215 e. The molecule has 2 heterocycles. The summed E-state index contributed by atoms with van der Waals surface area (Å²) in [4.78, 5) is 4.96. The van der Waals surface area contributed by atoms with E-state index in [4.69, 9.17) is 9.72 Å². The van der Waals surface area contributed by atoms with Gasteiger partial charge in [0.1, 0.15) is 5.75 Å². The highest BCUT2D eigenvalue weighted by Crippen LogP contribution is 2.33. The van der Waals surface area contributed by atoms with Gasteiger partial charge in [0.2, 0.25) is 5.78 Å². The molecule has 4 nitrogen and oxygen atoms in total. The van der Waals surface area contributed by atoms with Crippen LogP contribution in [0.4, 0.5) is 0 Å². The van der Waals surface area contributed by atoms with E-state index in [2.05, 4.69) is 67.1 Å². The van der Waals surface area contributed by atoms with Crippen molar-refractivity contribution >= 4 is 27.8 Å². The molecular weight excluding hydrogens is 286 g/mol. The van der Waals surface area contributed by atoms with E-state index < -0.39 is 0 Å². The fraction of sp³-hybridized carbons (Fsp3) is 0.316. The van der Waals surface area contributed by atoms with Crippen molar-refractivity contribution in [2.24, 2.45) is 7.05 Å². The zero-order chi connectivity index (χ0) is 16.4. The monoisotopic (exact) mass is 307 g/mol. The molecule has 4 heteroatoms. The van der Waals surface area contributed by atoms with E-state index in [1.165, 1.54) is 5.56 Å². The van der Waals surface area contributed by atoms with E-state index in [9.17, 15) is 0 Å². The number of imidazole rings is 2. The Morgan fingerprint density at radius 3 is 2.48 bits per heavy atom. The number of nitrogens with zero attached hydrogens (tertiary/aromatic N) is 3. The van der Waals surface area contributed by atoms with Crippen molar-refractivity contribution in [3.63, 3.8) is 0 Å². The van der Waals surface area contributed by atoms with Crippen LogP contribution in [0.15, 0.2) is 36.4 Å². The van der Waals surface area contributed by atoms with Gasteiger partial charge in [0.25, 0.3) is 0 Å². The Morgan fingerprint density at radius 1 is 1.00 bits per heavy atom. The summed E-state index contributed by atoms with van der Waals surface area (Å²) in [6.45, 7) is 6.69. The normalized spacial score (nSPS) is 12.6. The number of ether oxygens (including phenoxy) is 1. The van der Waals surface area contributed by atoms with E-state index in [1.807, 2.05) is 6.07 Å². The van der Waals surface area contributed by atoms with Gasteiger partial charge in [0.15, 0.2) is 0 Å². The number of benzene rings is 2. The average molecular weight is 307 g/mol. The first-order chi connectivity index (χ1) is 10.9. The zero-order valence-corrected chi connectivity index (χ0v) is 14.2. The van der Waals surface area contributed by atoms with Gasteiger partial charge in [-0.05, 0) is 29.2 Å². The van der Waals surface area contributed by atoms with Crippen LogP contribution in [0.5, 0.6) is 5.75 Å². The average Bonchev–Trinajstić information content (AvgIpc) is 3.02. The van der Waals surface area contributed by atoms with Crippen LogP contribution in [0, 0.1) is 0 Å². The zero-order valence-electron chi connectivity index (χ0n) is 14.2. The van der Waals surface area contributed by atoms with E-state index in [1.54, 1.807) is 7.11 Å². The lowest BCUT2D eigenvalue weighted by atomic mass is 9.86. The van der Waals surface area contributed by atoms with Crippen molar-refractivity contribution in [1.29, 1.82) is 0 Å². The molecule has 0 saturated carbocycles. The van der Waals surface area contributed by atoms with E-state index >= 15 is 0 Å². The lowest BCUT2D eigenvalue weighted by Gasteiger charge is -2.19. The quantitative estimate of drug-likeness (QED) is 0.525. The Morgan fingerprint density at radius 2 is 1.78 bits per heavy atom. The van der Waals surface area contributed by atoms with Crippen LogP contribution in [-0.4, -0.2) is 21.1 Å². The maximum atomic E-state index is 5.36. The van der Waals surface area contributed by atoms with Gasteiger partial charge < -0.3 is 9.30 Å². The van der Waals surface area contributed by atoms with Crippen LogP contribution < -0.4 is 4.74 Å². The number of methoxy groups -OCH3 is 1. The molecule has 0 radical (unpaired) electrons. The first-order valence-electron chi connectivity index (χ1n) is 7.86. The fourth-order valence-corrected chi connectivity index (χ4v) is 3.35. The molecule has 23 heavy (non-hydrogen) atoms. The number of hydrogen-bond acceptors (Lipinski definition) is 2. The molecule has 118 valence electrons. The molecule has 0 amide bonds. The topological polar surface area (TPSA) is 31.5 Å². The molecule has 0 aliphatic carbocycles. The van der Waals surface area contributed by atoms with Crippen molar-refractivity contribution in [3.05, 3.63) is 42.0 Å². The molecule has 0 atom stereocenters. The van der Waals surface area contributed by atoms with Crippen LogP contribution in [0.25, 0.3) is 27.8 Å². The highest BCUT2D eigenvalue weighted by atomic mass is 16.5. The molecule has 4 aromatic rings. The van der Waals surface area contributed by atoms with Gasteiger partial charge in [-0.1, -0.05) is 32.9 Å². The molecule has 2 aromatic heterocycles. The van der Waals surface area contributed by atoms with Gasteiger partial charge in [0.05, 0.1) is 29.2 Å². The molecule has 4 rings (SSSR count). The highest BCUT2D eigenvalue weighted by molar-refractivity contribution is 5.92. The lowest BCUT2D eigenvalue weighted by Crippen LogP contribution is -2.11. The fourth-order valence-electron chi connectivity index (χ4n) is 3.35. The van der Waals surface area contributed by atoms with Crippen molar-refractivity contribution in [2.45, 2.75) is 26.2 Å². The standard InChI is InChI=1S/C19H21N3O/c1-19(2,3)13-7-6-8-15-17(13)20-18-21(4)16-11-12(23-5)9-10-14(16)22(15)18/h6-11H,1-5H3. The van der Waals surface area contributed by atoms with Crippen molar-refractivity contribution in [1.82, 2.24) is 14.0 Å². The molecule has 0 aliphatic rings. The number of para-hydroxylation sites is 1. The minimum Gasteiger partial charge on any atom is -0.497 e. The van der Waals surface area contributed by atoms with Crippen LogP contribution in [0.1, 0.15) is 26.3 Å². The Kier molecular flexibility index (Phi) is 2.77. The lowest BCUT2D eigenvalue weighted by molar-refractivity contribution is 0.415.